The molecule has 2 N–H and O–H groups in total. The standard InChI is InChI=1S/C15H20N2O2/c1-2-8-16-10-15(19)17(13-6-7-13)11-12-4-3-5-14(18)9-12/h2-5,9,13,16,18H,1,6-8,10-11H2. The van der Waals surface area contributed by atoms with Gasteiger partial charge in [0.15, 0.2) is 0 Å². The van der Waals surface area contributed by atoms with Gasteiger partial charge in [-0.25, -0.2) is 0 Å². The van der Waals surface area contributed by atoms with Crippen molar-refractivity contribution in [2.45, 2.75) is 25.4 Å². The molecule has 0 aliphatic heterocycles. The van der Waals surface area contributed by atoms with Gasteiger partial charge in [-0.1, -0.05) is 18.2 Å². The van der Waals surface area contributed by atoms with Crippen LogP contribution in [0.4, 0.5) is 0 Å². The summed E-state index contributed by atoms with van der Waals surface area (Å²) in [5.41, 5.74) is 0.962. The molecule has 1 aliphatic rings. The minimum absolute atomic E-state index is 0.104. The quantitative estimate of drug-likeness (QED) is 0.579. The Balaban J connectivity index is 1.96. The number of carbonyl (C=O) groups excluding carboxylic acids is 1. The lowest BCUT2D eigenvalue weighted by Crippen LogP contribution is -2.39. The summed E-state index contributed by atoms with van der Waals surface area (Å²) in [5.74, 6) is 0.346. The lowest BCUT2D eigenvalue weighted by molar-refractivity contribution is -0.131. The maximum absolute atomic E-state index is 12.2. The molecule has 1 aliphatic carbocycles. The summed E-state index contributed by atoms with van der Waals surface area (Å²) in [6, 6.07) is 7.44. The van der Waals surface area contributed by atoms with E-state index in [9.17, 15) is 9.90 Å². The van der Waals surface area contributed by atoms with Crippen molar-refractivity contribution in [3.8, 4) is 5.75 Å². The molecule has 0 radical (unpaired) electrons. The molecule has 4 heteroatoms. The zero-order chi connectivity index (χ0) is 13.7. The van der Waals surface area contributed by atoms with Crippen LogP contribution in [0.2, 0.25) is 0 Å². The Labute approximate surface area is 113 Å². The first-order valence-electron chi connectivity index (χ1n) is 6.59. The number of nitrogens with zero attached hydrogens (tertiary/aromatic N) is 1. The number of benzene rings is 1. The van der Waals surface area contributed by atoms with Gasteiger partial charge in [-0.05, 0) is 30.5 Å². The van der Waals surface area contributed by atoms with Crippen molar-refractivity contribution in [2.24, 2.45) is 0 Å². The van der Waals surface area contributed by atoms with E-state index in [0.717, 1.165) is 18.4 Å². The van der Waals surface area contributed by atoms with Gasteiger partial charge in [0.2, 0.25) is 5.91 Å². The summed E-state index contributed by atoms with van der Waals surface area (Å²) in [7, 11) is 0. The molecule has 0 spiro atoms. The number of hydrogen-bond acceptors (Lipinski definition) is 3. The molecule has 1 aromatic rings. The third-order valence-corrected chi connectivity index (χ3v) is 3.14. The fourth-order valence-corrected chi connectivity index (χ4v) is 2.04. The Hall–Kier alpha value is -1.81. The molecule has 0 atom stereocenters. The van der Waals surface area contributed by atoms with Crippen molar-refractivity contribution in [3.63, 3.8) is 0 Å². The number of rotatable bonds is 7. The summed E-state index contributed by atoms with van der Waals surface area (Å²) in [6.45, 7) is 5.15. The van der Waals surface area contributed by atoms with Crippen molar-refractivity contribution >= 4 is 5.91 Å². The van der Waals surface area contributed by atoms with Crippen LogP contribution in [0.3, 0.4) is 0 Å². The summed E-state index contributed by atoms with van der Waals surface area (Å²) in [6.07, 6.45) is 3.89. The highest BCUT2D eigenvalue weighted by molar-refractivity contribution is 5.79. The van der Waals surface area contributed by atoms with Crippen LogP contribution in [0.5, 0.6) is 5.75 Å². The summed E-state index contributed by atoms with van der Waals surface area (Å²) < 4.78 is 0. The van der Waals surface area contributed by atoms with Gasteiger partial charge in [-0.3, -0.25) is 4.79 Å². The predicted molar refractivity (Wildman–Crippen MR) is 74.7 cm³/mol. The monoisotopic (exact) mass is 260 g/mol. The molecule has 1 amide bonds. The first-order chi connectivity index (χ1) is 9.20. The van der Waals surface area contributed by atoms with Crippen molar-refractivity contribution in [1.29, 1.82) is 0 Å². The molecule has 1 saturated carbocycles. The molecule has 0 bridgehead atoms. The van der Waals surface area contributed by atoms with E-state index in [0.29, 0.717) is 25.7 Å². The molecular formula is C15H20N2O2. The van der Waals surface area contributed by atoms with Gasteiger partial charge in [0.25, 0.3) is 0 Å². The Bertz CT molecular complexity index is 455. The van der Waals surface area contributed by atoms with Crippen molar-refractivity contribution < 1.29 is 9.90 Å². The largest absolute Gasteiger partial charge is 0.508 e. The minimum atomic E-state index is 0.104. The highest BCUT2D eigenvalue weighted by Gasteiger charge is 2.32. The van der Waals surface area contributed by atoms with Crippen LogP contribution < -0.4 is 5.32 Å². The third-order valence-electron chi connectivity index (χ3n) is 3.14. The van der Waals surface area contributed by atoms with Crippen LogP contribution in [0.1, 0.15) is 18.4 Å². The molecule has 0 saturated heterocycles. The SMILES string of the molecule is C=CCNCC(=O)N(Cc1cccc(O)c1)C1CC1. The van der Waals surface area contributed by atoms with Gasteiger partial charge in [0.1, 0.15) is 5.75 Å². The van der Waals surface area contributed by atoms with Crippen LogP contribution >= 0.6 is 0 Å². The van der Waals surface area contributed by atoms with E-state index in [2.05, 4.69) is 11.9 Å². The van der Waals surface area contributed by atoms with Crippen molar-refractivity contribution in [1.82, 2.24) is 10.2 Å². The minimum Gasteiger partial charge on any atom is -0.508 e. The van der Waals surface area contributed by atoms with Gasteiger partial charge in [-0.2, -0.15) is 0 Å². The topological polar surface area (TPSA) is 52.6 Å². The van der Waals surface area contributed by atoms with E-state index in [1.165, 1.54) is 0 Å². The molecule has 1 fully saturated rings. The predicted octanol–water partition coefficient (Wildman–Crippen LogP) is 1.66. The lowest BCUT2D eigenvalue weighted by atomic mass is 10.2. The average Bonchev–Trinajstić information content (AvgIpc) is 3.20. The second-order valence-electron chi connectivity index (χ2n) is 4.84. The van der Waals surface area contributed by atoms with Gasteiger partial charge >= 0.3 is 0 Å². The third kappa shape index (κ3) is 4.10. The normalized spacial score (nSPS) is 14.1. The van der Waals surface area contributed by atoms with Gasteiger partial charge in [0, 0.05) is 19.1 Å². The second kappa shape index (κ2) is 6.38. The average molecular weight is 260 g/mol. The Kier molecular flexibility index (Phi) is 4.58. The number of amides is 1. The highest BCUT2D eigenvalue weighted by atomic mass is 16.3. The number of nitrogens with one attached hydrogen (secondary N) is 1. The molecule has 102 valence electrons. The molecule has 0 aromatic heterocycles. The highest BCUT2D eigenvalue weighted by Crippen LogP contribution is 2.28. The van der Waals surface area contributed by atoms with Gasteiger partial charge in [0.05, 0.1) is 6.54 Å². The molecule has 19 heavy (non-hydrogen) atoms. The molecule has 0 unspecified atom stereocenters. The second-order valence-corrected chi connectivity index (χ2v) is 4.84. The number of aromatic hydroxyl groups is 1. The molecular weight excluding hydrogens is 240 g/mol. The van der Waals surface area contributed by atoms with E-state index in [1.54, 1.807) is 24.3 Å². The molecule has 2 rings (SSSR count). The summed E-state index contributed by atoms with van der Waals surface area (Å²) >= 11 is 0. The van der Waals surface area contributed by atoms with Crippen LogP contribution in [0, 0.1) is 0 Å². The summed E-state index contributed by atoms with van der Waals surface area (Å²) in [5, 5.41) is 12.5. The Morgan fingerprint density at radius 1 is 1.53 bits per heavy atom. The number of phenols is 1. The van der Waals surface area contributed by atoms with E-state index < -0.39 is 0 Å². The maximum Gasteiger partial charge on any atom is 0.237 e. The Morgan fingerprint density at radius 2 is 2.32 bits per heavy atom. The maximum atomic E-state index is 12.2. The zero-order valence-corrected chi connectivity index (χ0v) is 11.0. The molecule has 1 aromatic carbocycles. The number of hydrogen-bond donors (Lipinski definition) is 2. The van der Waals surface area contributed by atoms with Crippen LogP contribution in [0.15, 0.2) is 36.9 Å². The molecule has 4 nitrogen and oxygen atoms in total. The summed E-state index contributed by atoms with van der Waals surface area (Å²) in [4.78, 5) is 14.0. The smallest absolute Gasteiger partial charge is 0.237 e. The van der Waals surface area contributed by atoms with E-state index in [-0.39, 0.29) is 11.7 Å². The first-order valence-corrected chi connectivity index (χ1v) is 6.59. The van der Waals surface area contributed by atoms with Crippen LogP contribution in [-0.4, -0.2) is 35.0 Å². The van der Waals surface area contributed by atoms with E-state index in [4.69, 9.17) is 0 Å². The van der Waals surface area contributed by atoms with Gasteiger partial charge in [-0.15, -0.1) is 6.58 Å². The fourth-order valence-electron chi connectivity index (χ4n) is 2.04. The van der Waals surface area contributed by atoms with Crippen LogP contribution in [-0.2, 0) is 11.3 Å². The number of carbonyl (C=O) groups is 1. The fraction of sp³-hybridized carbons (Fsp3) is 0.400. The first kappa shape index (κ1) is 13.6. The van der Waals surface area contributed by atoms with Crippen molar-refractivity contribution in [3.05, 3.63) is 42.5 Å². The van der Waals surface area contributed by atoms with Gasteiger partial charge < -0.3 is 15.3 Å². The number of phenolic OH excluding ortho intramolecular Hbond substituents is 1. The zero-order valence-electron chi connectivity index (χ0n) is 11.0. The van der Waals surface area contributed by atoms with E-state index in [1.807, 2.05) is 11.0 Å². The van der Waals surface area contributed by atoms with Crippen LogP contribution in [0.25, 0.3) is 0 Å². The lowest BCUT2D eigenvalue weighted by Gasteiger charge is -2.22. The van der Waals surface area contributed by atoms with E-state index >= 15 is 0 Å². The van der Waals surface area contributed by atoms with Crippen molar-refractivity contribution in [2.75, 3.05) is 13.1 Å². The Morgan fingerprint density at radius 3 is 2.95 bits per heavy atom. The molecule has 0 heterocycles.